The predicted octanol–water partition coefficient (Wildman–Crippen LogP) is 2.35. The molecule has 114 valence electrons. The Labute approximate surface area is 123 Å². The zero-order valence-corrected chi connectivity index (χ0v) is 12.1. The summed E-state index contributed by atoms with van der Waals surface area (Å²) >= 11 is 0. The van der Waals surface area contributed by atoms with Crippen molar-refractivity contribution in [3.05, 3.63) is 30.1 Å². The molecule has 0 radical (unpaired) electrons. The summed E-state index contributed by atoms with van der Waals surface area (Å²) in [6, 6.07) is 5.50. The van der Waals surface area contributed by atoms with Crippen LogP contribution < -0.4 is 10.6 Å². The maximum absolute atomic E-state index is 13.4. The van der Waals surface area contributed by atoms with Crippen LogP contribution in [0.4, 0.5) is 14.9 Å². The number of rotatable bonds is 4. The molecule has 0 aromatic heterocycles. The fraction of sp³-hybridized carbons (Fsp3) is 0.467. The molecule has 1 aliphatic rings. The molecular weight excluding hydrogens is 273 g/mol. The van der Waals surface area contributed by atoms with Gasteiger partial charge in [0.25, 0.3) is 0 Å². The number of nitrogens with zero attached hydrogens (tertiary/aromatic N) is 1. The quantitative estimate of drug-likeness (QED) is 0.896. The number of carbonyl (C=O) groups is 2. The Morgan fingerprint density at radius 1 is 1.29 bits per heavy atom. The third-order valence-electron chi connectivity index (χ3n) is 3.72. The van der Waals surface area contributed by atoms with Crippen molar-refractivity contribution in [2.24, 2.45) is 0 Å². The lowest BCUT2D eigenvalue weighted by Crippen LogP contribution is -2.43. The van der Waals surface area contributed by atoms with Crippen molar-refractivity contribution in [3.8, 4) is 0 Å². The Morgan fingerprint density at radius 3 is 2.62 bits per heavy atom. The number of amides is 3. The highest BCUT2D eigenvalue weighted by Gasteiger charge is 2.21. The van der Waals surface area contributed by atoms with Gasteiger partial charge < -0.3 is 5.32 Å². The summed E-state index contributed by atoms with van der Waals surface area (Å²) in [6.45, 7) is 0.162. The van der Waals surface area contributed by atoms with Gasteiger partial charge in [0.2, 0.25) is 5.91 Å². The second kappa shape index (κ2) is 7.17. The number of hydrogen-bond acceptors (Lipinski definition) is 3. The van der Waals surface area contributed by atoms with E-state index < -0.39 is 17.8 Å². The Morgan fingerprint density at radius 2 is 1.95 bits per heavy atom. The van der Waals surface area contributed by atoms with Crippen LogP contribution in [0.15, 0.2) is 24.3 Å². The normalized spacial score (nSPS) is 15.2. The zero-order valence-electron chi connectivity index (χ0n) is 12.1. The molecule has 1 fully saturated rings. The lowest BCUT2D eigenvalue weighted by molar-refractivity contribution is -0.121. The third kappa shape index (κ3) is 4.53. The van der Waals surface area contributed by atoms with E-state index in [0.29, 0.717) is 6.04 Å². The number of hydrogen-bond donors (Lipinski definition) is 2. The Kier molecular flexibility index (Phi) is 5.27. The predicted molar refractivity (Wildman–Crippen MR) is 78.4 cm³/mol. The van der Waals surface area contributed by atoms with Gasteiger partial charge in [-0.25, -0.2) is 9.18 Å². The lowest BCUT2D eigenvalue weighted by Gasteiger charge is -2.22. The van der Waals surface area contributed by atoms with Gasteiger partial charge in [0, 0.05) is 6.04 Å². The van der Waals surface area contributed by atoms with E-state index in [4.69, 9.17) is 0 Å². The lowest BCUT2D eigenvalue weighted by atomic mass is 10.2. The second-order valence-electron chi connectivity index (χ2n) is 5.34. The molecule has 5 nitrogen and oxygen atoms in total. The minimum atomic E-state index is -0.718. The standard InChI is InChI=1S/C15H20FN3O2/c1-19(11-6-2-3-7-11)10-14(20)18-15(21)17-13-9-5-4-8-12(13)16/h4-5,8-9,11H,2-3,6-7,10H2,1H3,(H2,17,18,20,21). The zero-order chi connectivity index (χ0) is 15.2. The summed E-state index contributed by atoms with van der Waals surface area (Å²) in [5, 5.41) is 4.53. The van der Waals surface area contributed by atoms with Crippen molar-refractivity contribution in [1.29, 1.82) is 0 Å². The number of para-hydroxylation sites is 1. The Balaban J connectivity index is 1.79. The molecule has 6 heteroatoms. The van der Waals surface area contributed by atoms with E-state index in [1.807, 2.05) is 11.9 Å². The van der Waals surface area contributed by atoms with Crippen molar-refractivity contribution < 1.29 is 14.0 Å². The molecule has 2 N–H and O–H groups in total. The molecule has 0 bridgehead atoms. The van der Waals surface area contributed by atoms with Gasteiger partial charge in [-0.1, -0.05) is 25.0 Å². The first kappa shape index (κ1) is 15.4. The van der Waals surface area contributed by atoms with E-state index in [1.54, 1.807) is 6.07 Å². The summed E-state index contributed by atoms with van der Waals surface area (Å²) in [5.41, 5.74) is 0.0481. The SMILES string of the molecule is CN(CC(=O)NC(=O)Nc1ccccc1F)C1CCCC1. The Hall–Kier alpha value is -1.95. The average molecular weight is 293 g/mol. The number of benzene rings is 1. The molecule has 0 spiro atoms. The summed E-state index contributed by atoms with van der Waals surface area (Å²) in [5.74, 6) is -0.929. The number of imide groups is 1. The Bertz CT molecular complexity index is 515. The molecule has 1 saturated carbocycles. The third-order valence-corrected chi connectivity index (χ3v) is 3.72. The van der Waals surface area contributed by atoms with Gasteiger partial charge >= 0.3 is 6.03 Å². The smallest absolute Gasteiger partial charge is 0.305 e. The first-order chi connectivity index (χ1) is 10.1. The number of urea groups is 1. The highest BCUT2D eigenvalue weighted by molar-refractivity contribution is 6.01. The number of carbonyl (C=O) groups excluding carboxylic acids is 2. The van der Waals surface area contributed by atoms with Crippen LogP contribution in [0.5, 0.6) is 0 Å². The summed E-state index contributed by atoms with van der Waals surface area (Å²) < 4.78 is 13.4. The van der Waals surface area contributed by atoms with Crippen molar-refractivity contribution in [3.63, 3.8) is 0 Å². The fourth-order valence-electron chi connectivity index (χ4n) is 2.58. The van der Waals surface area contributed by atoms with Gasteiger partial charge in [-0.3, -0.25) is 15.0 Å². The van der Waals surface area contributed by atoms with E-state index in [1.165, 1.54) is 31.0 Å². The highest BCUT2D eigenvalue weighted by Crippen LogP contribution is 2.21. The van der Waals surface area contributed by atoms with Crippen LogP contribution in [-0.4, -0.2) is 36.5 Å². The fourth-order valence-corrected chi connectivity index (χ4v) is 2.58. The van der Waals surface area contributed by atoms with Crippen LogP contribution in [0, 0.1) is 5.82 Å². The molecule has 3 amide bonds. The van der Waals surface area contributed by atoms with Crippen LogP contribution in [0.1, 0.15) is 25.7 Å². The topological polar surface area (TPSA) is 61.4 Å². The van der Waals surface area contributed by atoms with Gasteiger partial charge in [0.1, 0.15) is 5.82 Å². The van der Waals surface area contributed by atoms with Crippen LogP contribution in [0.2, 0.25) is 0 Å². The molecule has 2 rings (SSSR count). The van der Waals surface area contributed by atoms with Gasteiger partial charge in [-0.15, -0.1) is 0 Å². The summed E-state index contributed by atoms with van der Waals surface area (Å²) in [6.07, 6.45) is 4.55. The monoisotopic (exact) mass is 293 g/mol. The minimum Gasteiger partial charge on any atom is -0.305 e. The van der Waals surface area contributed by atoms with Crippen molar-refractivity contribution in [2.45, 2.75) is 31.7 Å². The first-order valence-electron chi connectivity index (χ1n) is 7.12. The molecular formula is C15H20FN3O2. The number of likely N-dealkylation sites (N-methyl/N-ethyl adjacent to an activating group) is 1. The van der Waals surface area contributed by atoms with E-state index in [2.05, 4.69) is 10.6 Å². The number of halogens is 1. The molecule has 0 saturated heterocycles. The molecule has 1 aromatic rings. The molecule has 0 heterocycles. The highest BCUT2D eigenvalue weighted by atomic mass is 19.1. The van der Waals surface area contributed by atoms with Crippen LogP contribution in [0.25, 0.3) is 0 Å². The van der Waals surface area contributed by atoms with Crippen molar-refractivity contribution >= 4 is 17.6 Å². The second-order valence-corrected chi connectivity index (χ2v) is 5.34. The van der Waals surface area contributed by atoms with Crippen LogP contribution in [0.3, 0.4) is 0 Å². The molecule has 0 aliphatic heterocycles. The molecule has 21 heavy (non-hydrogen) atoms. The maximum atomic E-state index is 13.4. The van der Waals surface area contributed by atoms with Crippen molar-refractivity contribution in [2.75, 3.05) is 18.9 Å². The molecule has 1 aliphatic carbocycles. The number of anilines is 1. The molecule has 0 atom stereocenters. The molecule has 1 aromatic carbocycles. The van der Waals surface area contributed by atoms with E-state index in [-0.39, 0.29) is 12.2 Å². The van der Waals surface area contributed by atoms with Gasteiger partial charge in [0.05, 0.1) is 12.2 Å². The first-order valence-corrected chi connectivity index (χ1v) is 7.12. The van der Waals surface area contributed by atoms with Gasteiger partial charge in [-0.05, 0) is 32.0 Å². The largest absolute Gasteiger partial charge is 0.326 e. The maximum Gasteiger partial charge on any atom is 0.326 e. The van der Waals surface area contributed by atoms with Crippen LogP contribution in [-0.2, 0) is 4.79 Å². The summed E-state index contributed by atoms with van der Waals surface area (Å²) in [7, 11) is 1.88. The van der Waals surface area contributed by atoms with Gasteiger partial charge in [0.15, 0.2) is 0 Å². The minimum absolute atomic E-state index is 0.0481. The summed E-state index contributed by atoms with van der Waals surface area (Å²) in [4.78, 5) is 25.4. The van der Waals surface area contributed by atoms with E-state index in [9.17, 15) is 14.0 Å². The van der Waals surface area contributed by atoms with Crippen molar-refractivity contribution in [1.82, 2.24) is 10.2 Å². The number of nitrogens with one attached hydrogen (secondary N) is 2. The molecule has 0 unspecified atom stereocenters. The van der Waals surface area contributed by atoms with Gasteiger partial charge in [-0.2, -0.15) is 0 Å². The van der Waals surface area contributed by atoms with Crippen LogP contribution >= 0.6 is 0 Å². The average Bonchev–Trinajstić information content (AvgIpc) is 2.95. The van der Waals surface area contributed by atoms with E-state index in [0.717, 1.165) is 12.8 Å². The van der Waals surface area contributed by atoms with E-state index >= 15 is 0 Å².